The second kappa shape index (κ2) is 1.70. The molecule has 0 fully saturated rings. The lowest BCUT2D eigenvalue weighted by Gasteiger charge is -1.75. The number of carbonyl (C=O) groups is 1. The van der Waals surface area contributed by atoms with Crippen LogP contribution in [0.5, 0.6) is 0 Å². The van der Waals surface area contributed by atoms with Crippen molar-refractivity contribution in [2.75, 3.05) is 0 Å². The summed E-state index contributed by atoms with van der Waals surface area (Å²) in [6.07, 6.45) is 4.03. The predicted molar refractivity (Wildman–Crippen MR) is 35.8 cm³/mol. The molecule has 0 aliphatic heterocycles. The van der Waals surface area contributed by atoms with Gasteiger partial charge in [-0.1, -0.05) is 0 Å². The zero-order valence-corrected chi connectivity index (χ0v) is 5.09. The molecule has 50 valence electrons. The quantitative estimate of drug-likeness (QED) is 0.565. The number of nitrogens with one attached hydrogen (secondary N) is 2. The summed E-state index contributed by atoms with van der Waals surface area (Å²) in [5.41, 5.74) is 2.09. The van der Waals surface area contributed by atoms with E-state index in [1.807, 2.05) is 0 Å². The number of carbonyl (C=O) groups excluding carboxylic acids is 1. The molecule has 0 saturated carbocycles. The summed E-state index contributed by atoms with van der Waals surface area (Å²) in [7, 11) is 0. The van der Waals surface area contributed by atoms with Crippen LogP contribution in [0.25, 0.3) is 11.0 Å². The Hall–Kier alpha value is -1.58. The van der Waals surface area contributed by atoms with Gasteiger partial charge in [-0.25, -0.2) is 4.98 Å². The van der Waals surface area contributed by atoms with E-state index < -0.39 is 0 Å². The van der Waals surface area contributed by atoms with Crippen molar-refractivity contribution in [1.82, 2.24) is 15.0 Å². The molecule has 0 unspecified atom stereocenters. The van der Waals surface area contributed by atoms with Crippen molar-refractivity contribution in [3.63, 3.8) is 0 Å². The van der Waals surface area contributed by atoms with Crippen LogP contribution in [-0.2, 0) is 0 Å². The number of rotatable bonds is 1. The third-order valence-corrected chi connectivity index (χ3v) is 1.41. The van der Waals surface area contributed by atoms with Crippen molar-refractivity contribution >= 4 is 17.3 Å². The highest BCUT2D eigenvalue weighted by Crippen LogP contribution is 2.10. The van der Waals surface area contributed by atoms with Crippen molar-refractivity contribution < 1.29 is 4.79 Å². The smallest absolute Gasteiger partial charge is 0.168 e. The van der Waals surface area contributed by atoms with Gasteiger partial charge in [-0.15, -0.1) is 0 Å². The SMILES string of the molecule is O=Cc1[nH]cc2[nH]cnc12. The summed E-state index contributed by atoms with van der Waals surface area (Å²) in [5, 5.41) is 0. The van der Waals surface area contributed by atoms with E-state index in [-0.39, 0.29) is 0 Å². The molecule has 2 N–H and O–H groups in total. The lowest BCUT2D eigenvalue weighted by atomic mass is 10.4. The topological polar surface area (TPSA) is 61.5 Å². The van der Waals surface area contributed by atoms with Crippen LogP contribution in [-0.4, -0.2) is 21.2 Å². The number of aldehydes is 1. The average Bonchev–Trinajstić information content (AvgIpc) is 2.44. The van der Waals surface area contributed by atoms with E-state index in [1.165, 1.54) is 0 Å². The van der Waals surface area contributed by atoms with E-state index in [0.717, 1.165) is 11.8 Å². The van der Waals surface area contributed by atoms with Gasteiger partial charge in [-0.05, 0) is 0 Å². The highest BCUT2D eigenvalue weighted by Gasteiger charge is 2.02. The van der Waals surface area contributed by atoms with Crippen molar-refractivity contribution in [3.8, 4) is 0 Å². The van der Waals surface area contributed by atoms with Gasteiger partial charge in [0.05, 0.1) is 11.8 Å². The first-order chi connectivity index (χ1) is 4.92. The number of imidazole rings is 1. The van der Waals surface area contributed by atoms with Gasteiger partial charge in [0.15, 0.2) is 6.29 Å². The molecule has 10 heavy (non-hydrogen) atoms. The van der Waals surface area contributed by atoms with Gasteiger partial charge in [-0.3, -0.25) is 4.79 Å². The Morgan fingerprint density at radius 1 is 1.50 bits per heavy atom. The van der Waals surface area contributed by atoms with Crippen LogP contribution in [0.3, 0.4) is 0 Å². The molecular weight excluding hydrogens is 130 g/mol. The lowest BCUT2D eigenvalue weighted by Crippen LogP contribution is -1.77. The summed E-state index contributed by atoms with van der Waals surface area (Å²) >= 11 is 0. The van der Waals surface area contributed by atoms with Crippen LogP contribution in [0, 0.1) is 0 Å². The van der Waals surface area contributed by atoms with Crippen molar-refractivity contribution in [2.24, 2.45) is 0 Å². The third-order valence-electron chi connectivity index (χ3n) is 1.41. The summed E-state index contributed by atoms with van der Waals surface area (Å²) in [5.74, 6) is 0. The first-order valence-electron chi connectivity index (χ1n) is 2.87. The zero-order valence-electron chi connectivity index (χ0n) is 5.09. The number of H-pyrrole nitrogens is 2. The molecule has 0 atom stereocenters. The van der Waals surface area contributed by atoms with Gasteiger partial charge in [0, 0.05) is 6.20 Å². The fourth-order valence-corrected chi connectivity index (χ4v) is 0.937. The van der Waals surface area contributed by atoms with Crippen LogP contribution in [0.4, 0.5) is 0 Å². The Morgan fingerprint density at radius 3 is 3.20 bits per heavy atom. The number of hydrogen-bond acceptors (Lipinski definition) is 2. The first kappa shape index (κ1) is 5.22. The molecule has 0 saturated heterocycles. The van der Waals surface area contributed by atoms with Crippen LogP contribution >= 0.6 is 0 Å². The Morgan fingerprint density at radius 2 is 2.40 bits per heavy atom. The maximum Gasteiger partial charge on any atom is 0.168 e. The number of nitrogens with zero attached hydrogens (tertiary/aromatic N) is 1. The predicted octanol–water partition coefficient (Wildman–Crippen LogP) is 0.703. The van der Waals surface area contributed by atoms with E-state index in [4.69, 9.17) is 0 Å². The fourth-order valence-electron chi connectivity index (χ4n) is 0.937. The summed E-state index contributed by atoms with van der Waals surface area (Å²) < 4.78 is 0. The van der Waals surface area contributed by atoms with Gasteiger partial charge in [-0.2, -0.15) is 0 Å². The second-order valence-electron chi connectivity index (χ2n) is 1.99. The Bertz CT molecular complexity index is 360. The van der Waals surface area contributed by atoms with Crippen LogP contribution in [0.1, 0.15) is 10.5 Å². The zero-order chi connectivity index (χ0) is 6.97. The standard InChI is InChI=1S/C6H5N3O/c10-2-5-6-4(1-7-5)8-3-9-6/h1-3,7H,(H,8,9). The highest BCUT2D eigenvalue weighted by molar-refractivity contribution is 5.92. The Labute approximate surface area is 56.3 Å². The molecule has 0 aliphatic carbocycles. The largest absolute Gasteiger partial charge is 0.355 e. The number of fused-ring (bicyclic) bond motifs is 1. The maximum absolute atomic E-state index is 10.3. The molecule has 2 rings (SSSR count). The lowest BCUT2D eigenvalue weighted by molar-refractivity contribution is 0.112. The van der Waals surface area contributed by atoms with E-state index in [1.54, 1.807) is 12.5 Å². The molecule has 2 heterocycles. The van der Waals surface area contributed by atoms with Gasteiger partial charge >= 0.3 is 0 Å². The monoisotopic (exact) mass is 135 g/mol. The van der Waals surface area contributed by atoms with E-state index >= 15 is 0 Å². The fraction of sp³-hybridized carbons (Fsp3) is 0. The molecule has 0 aliphatic rings. The molecule has 0 radical (unpaired) electrons. The minimum Gasteiger partial charge on any atom is -0.355 e. The number of hydrogen-bond donors (Lipinski definition) is 2. The molecule has 0 amide bonds. The minimum atomic E-state index is 0.524. The summed E-state index contributed by atoms with van der Waals surface area (Å²) in [6.45, 7) is 0. The van der Waals surface area contributed by atoms with Gasteiger partial charge in [0.25, 0.3) is 0 Å². The number of aromatic amines is 2. The molecule has 0 aromatic carbocycles. The summed E-state index contributed by atoms with van der Waals surface area (Å²) in [6, 6.07) is 0. The van der Waals surface area contributed by atoms with E-state index in [0.29, 0.717) is 11.2 Å². The molecular formula is C6H5N3O. The van der Waals surface area contributed by atoms with Gasteiger partial charge in [0.1, 0.15) is 11.2 Å². The average molecular weight is 135 g/mol. The molecule has 4 heteroatoms. The molecule has 2 aromatic heterocycles. The minimum absolute atomic E-state index is 0.524. The van der Waals surface area contributed by atoms with E-state index in [2.05, 4.69) is 15.0 Å². The third kappa shape index (κ3) is 0.500. The second-order valence-corrected chi connectivity index (χ2v) is 1.99. The van der Waals surface area contributed by atoms with Crippen molar-refractivity contribution in [2.45, 2.75) is 0 Å². The van der Waals surface area contributed by atoms with Crippen molar-refractivity contribution in [1.29, 1.82) is 0 Å². The molecule has 4 nitrogen and oxygen atoms in total. The Balaban J connectivity index is 2.88. The van der Waals surface area contributed by atoms with Crippen molar-refractivity contribution in [3.05, 3.63) is 18.2 Å². The molecule has 0 bridgehead atoms. The number of aromatic nitrogens is 3. The van der Waals surface area contributed by atoms with Crippen LogP contribution in [0.15, 0.2) is 12.5 Å². The molecule has 0 spiro atoms. The van der Waals surface area contributed by atoms with E-state index in [9.17, 15) is 4.79 Å². The normalized spacial score (nSPS) is 10.4. The summed E-state index contributed by atoms with van der Waals surface area (Å²) in [4.78, 5) is 19.9. The first-order valence-corrected chi connectivity index (χ1v) is 2.87. The van der Waals surface area contributed by atoms with Crippen LogP contribution in [0.2, 0.25) is 0 Å². The molecule has 2 aromatic rings. The maximum atomic E-state index is 10.3. The Kier molecular flexibility index (Phi) is 0.887. The van der Waals surface area contributed by atoms with Crippen LogP contribution < -0.4 is 0 Å². The van der Waals surface area contributed by atoms with Gasteiger partial charge < -0.3 is 9.97 Å². The highest BCUT2D eigenvalue weighted by atomic mass is 16.1. The van der Waals surface area contributed by atoms with Gasteiger partial charge in [0.2, 0.25) is 0 Å².